The minimum Gasteiger partial charge on any atom is -0.497 e. The number of carbonyl (C=O) groups excluding carboxylic acids is 1. The molecule has 0 atom stereocenters. The fourth-order valence-corrected chi connectivity index (χ4v) is 3.44. The molecule has 1 aromatic rings. The normalized spacial score (nSPS) is 11.5. The quantitative estimate of drug-likeness (QED) is 0.762. The fraction of sp³-hybridized carbons (Fsp3) is 0.462. The number of esters is 1. The van der Waals surface area contributed by atoms with Crippen molar-refractivity contribution in [3.63, 3.8) is 0 Å². The molecule has 0 aliphatic rings. The Morgan fingerprint density at radius 2 is 1.70 bits per heavy atom. The summed E-state index contributed by atoms with van der Waals surface area (Å²) in [5.74, 6) is -0.0190. The molecule has 0 bridgehead atoms. The number of methoxy groups -OCH3 is 2. The number of carbonyl (C=O) groups is 1. The first-order chi connectivity index (χ1) is 9.23. The van der Waals surface area contributed by atoms with E-state index in [4.69, 9.17) is 4.74 Å². The lowest BCUT2D eigenvalue weighted by atomic mass is 10.1. The van der Waals surface area contributed by atoms with Crippen LogP contribution < -0.4 is 4.74 Å². The third-order valence-electron chi connectivity index (χ3n) is 2.92. The highest BCUT2D eigenvalue weighted by atomic mass is 32.2. The maximum atomic E-state index is 12.5. The van der Waals surface area contributed by atoms with Gasteiger partial charge in [-0.25, -0.2) is 8.42 Å². The van der Waals surface area contributed by atoms with Gasteiger partial charge in [0.05, 0.1) is 19.1 Å². The average molecular weight is 301 g/mol. The van der Waals surface area contributed by atoms with E-state index in [-0.39, 0.29) is 11.4 Å². The van der Waals surface area contributed by atoms with Gasteiger partial charge in [0, 0.05) is 7.05 Å². The van der Waals surface area contributed by atoms with Gasteiger partial charge in [-0.1, -0.05) is 0 Å². The van der Waals surface area contributed by atoms with E-state index in [9.17, 15) is 13.2 Å². The van der Waals surface area contributed by atoms with Gasteiger partial charge >= 0.3 is 5.97 Å². The Bertz CT molecular complexity index is 586. The van der Waals surface area contributed by atoms with Crippen molar-refractivity contribution >= 4 is 16.0 Å². The fourth-order valence-electron chi connectivity index (χ4n) is 1.92. The van der Waals surface area contributed by atoms with Crippen molar-refractivity contribution in [2.75, 3.05) is 27.8 Å². The summed E-state index contributed by atoms with van der Waals surface area (Å²) in [6.07, 6.45) is 0. The molecule has 0 saturated carbocycles. The van der Waals surface area contributed by atoms with Crippen LogP contribution in [0.3, 0.4) is 0 Å². The molecule has 0 heterocycles. The number of sulfonamides is 1. The summed E-state index contributed by atoms with van der Waals surface area (Å²) in [5, 5.41) is 0. The SMILES string of the molecule is COC(=O)CN(C)S(=O)(=O)c1c(C)cc(OC)cc1C. The molecule has 0 unspecified atom stereocenters. The summed E-state index contributed by atoms with van der Waals surface area (Å²) in [4.78, 5) is 11.4. The summed E-state index contributed by atoms with van der Waals surface area (Å²) in [5.41, 5.74) is 1.14. The summed E-state index contributed by atoms with van der Waals surface area (Å²) in [6, 6.07) is 3.29. The van der Waals surface area contributed by atoms with E-state index >= 15 is 0 Å². The Morgan fingerprint density at radius 3 is 2.10 bits per heavy atom. The summed E-state index contributed by atoms with van der Waals surface area (Å²) < 4.78 is 35.6. The van der Waals surface area contributed by atoms with E-state index in [0.29, 0.717) is 16.9 Å². The minimum absolute atomic E-state index is 0.185. The molecule has 0 fully saturated rings. The van der Waals surface area contributed by atoms with Gasteiger partial charge in [0.15, 0.2) is 0 Å². The molecule has 1 aromatic carbocycles. The van der Waals surface area contributed by atoms with Crippen LogP contribution in [0.4, 0.5) is 0 Å². The van der Waals surface area contributed by atoms with E-state index < -0.39 is 16.0 Å². The van der Waals surface area contributed by atoms with E-state index in [0.717, 1.165) is 4.31 Å². The third-order valence-corrected chi connectivity index (χ3v) is 5.03. The molecule has 20 heavy (non-hydrogen) atoms. The van der Waals surface area contributed by atoms with Gasteiger partial charge in [0.1, 0.15) is 12.3 Å². The maximum absolute atomic E-state index is 12.5. The van der Waals surface area contributed by atoms with Crippen LogP contribution >= 0.6 is 0 Å². The monoisotopic (exact) mass is 301 g/mol. The first-order valence-corrected chi connectivity index (χ1v) is 7.36. The zero-order chi connectivity index (χ0) is 15.5. The van der Waals surface area contributed by atoms with Crippen molar-refractivity contribution in [3.8, 4) is 5.75 Å². The van der Waals surface area contributed by atoms with Crippen molar-refractivity contribution < 1.29 is 22.7 Å². The zero-order valence-corrected chi connectivity index (χ0v) is 13.1. The second-order valence-electron chi connectivity index (χ2n) is 4.43. The Balaban J connectivity index is 3.25. The highest BCUT2D eigenvalue weighted by Gasteiger charge is 2.27. The Kier molecular flexibility index (Phi) is 5.13. The van der Waals surface area contributed by atoms with Gasteiger partial charge in [-0.2, -0.15) is 4.31 Å². The van der Waals surface area contributed by atoms with Crippen LogP contribution in [0.25, 0.3) is 0 Å². The topological polar surface area (TPSA) is 72.9 Å². The first kappa shape index (κ1) is 16.5. The van der Waals surface area contributed by atoms with Gasteiger partial charge in [0.25, 0.3) is 0 Å². The highest BCUT2D eigenvalue weighted by molar-refractivity contribution is 7.89. The van der Waals surface area contributed by atoms with E-state index in [1.165, 1.54) is 21.3 Å². The lowest BCUT2D eigenvalue weighted by Gasteiger charge is -2.19. The van der Waals surface area contributed by atoms with Crippen LogP contribution in [0.5, 0.6) is 5.75 Å². The molecule has 112 valence electrons. The van der Waals surface area contributed by atoms with Crippen LogP contribution in [0.15, 0.2) is 17.0 Å². The molecule has 0 amide bonds. The van der Waals surface area contributed by atoms with E-state index in [1.807, 2.05) is 0 Å². The Hall–Kier alpha value is -1.60. The van der Waals surface area contributed by atoms with Crippen molar-refractivity contribution in [3.05, 3.63) is 23.3 Å². The number of benzene rings is 1. The molecular weight excluding hydrogens is 282 g/mol. The first-order valence-electron chi connectivity index (χ1n) is 5.92. The molecular formula is C13H19NO5S. The average Bonchev–Trinajstić information content (AvgIpc) is 2.36. The molecule has 0 N–H and O–H groups in total. The largest absolute Gasteiger partial charge is 0.497 e. The molecule has 0 spiro atoms. The molecule has 0 aliphatic carbocycles. The maximum Gasteiger partial charge on any atom is 0.321 e. The van der Waals surface area contributed by atoms with Crippen LogP contribution in [0.1, 0.15) is 11.1 Å². The lowest BCUT2D eigenvalue weighted by Crippen LogP contribution is -2.33. The van der Waals surface area contributed by atoms with E-state index in [1.54, 1.807) is 26.0 Å². The van der Waals surface area contributed by atoms with Crippen molar-refractivity contribution in [1.29, 1.82) is 0 Å². The lowest BCUT2D eigenvalue weighted by molar-refractivity contribution is -0.140. The van der Waals surface area contributed by atoms with Gasteiger partial charge in [0.2, 0.25) is 10.0 Å². The number of hydrogen-bond donors (Lipinski definition) is 0. The third kappa shape index (κ3) is 3.29. The predicted molar refractivity (Wildman–Crippen MR) is 74.3 cm³/mol. The molecule has 0 radical (unpaired) electrons. The second-order valence-corrected chi connectivity index (χ2v) is 6.41. The number of rotatable bonds is 5. The number of likely N-dealkylation sites (N-methyl/N-ethyl adjacent to an activating group) is 1. The van der Waals surface area contributed by atoms with Crippen LogP contribution in [0.2, 0.25) is 0 Å². The van der Waals surface area contributed by atoms with E-state index in [2.05, 4.69) is 4.74 Å². The minimum atomic E-state index is -3.75. The molecule has 6 nitrogen and oxygen atoms in total. The molecule has 0 aliphatic heterocycles. The Labute approximate surface area is 119 Å². The van der Waals surface area contributed by atoms with Crippen molar-refractivity contribution in [2.24, 2.45) is 0 Å². The number of hydrogen-bond acceptors (Lipinski definition) is 5. The summed E-state index contributed by atoms with van der Waals surface area (Å²) in [7, 11) is 0.324. The highest BCUT2D eigenvalue weighted by Crippen LogP contribution is 2.27. The number of aryl methyl sites for hydroxylation is 2. The van der Waals surface area contributed by atoms with Crippen molar-refractivity contribution in [2.45, 2.75) is 18.7 Å². The van der Waals surface area contributed by atoms with Gasteiger partial charge < -0.3 is 9.47 Å². The molecule has 1 rings (SSSR count). The summed E-state index contributed by atoms with van der Waals surface area (Å²) in [6.45, 7) is 3.05. The summed E-state index contributed by atoms with van der Waals surface area (Å²) >= 11 is 0. The number of nitrogens with zero attached hydrogens (tertiary/aromatic N) is 1. The predicted octanol–water partition coefficient (Wildman–Crippen LogP) is 1.11. The van der Waals surface area contributed by atoms with Crippen molar-refractivity contribution in [1.82, 2.24) is 4.31 Å². The molecule has 0 aromatic heterocycles. The van der Waals surface area contributed by atoms with Gasteiger partial charge in [-0.3, -0.25) is 4.79 Å². The van der Waals surface area contributed by atoms with Gasteiger partial charge in [-0.05, 0) is 37.1 Å². The molecule has 7 heteroatoms. The van der Waals surface area contributed by atoms with Crippen LogP contribution in [-0.2, 0) is 19.6 Å². The smallest absolute Gasteiger partial charge is 0.321 e. The number of ether oxygens (including phenoxy) is 2. The van der Waals surface area contributed by atoms with Crippen LogP contribution in [0, 0.1) is 13.8 Å². The second kappa shape index (κ2) is 6.23. The van der Waals surface area contributed by atoms with Crippen LogP contribution in [-0.4, -0.2) is 46.5 Å². The molecule has 0 saturated heterocycles. The standard InChI is InChI=1S/C13H19NO5S/c1-9-6-11(18-4)7-10(2)13(9)20(16,17)14(3)8-12(15)19-5/h6-7H,8H2,1-5H3. The van der Waals surface area contributed by atoms with Gasteiger partial charge in [-0.15, -0.1) is 0 Å². The zero-order valence-electron chi connectivity index (χ0n) is 12.3. The Morgan fingerprint density at radius 1 is 1.20 bits per heavy atom.